The highest BCUT2D eigenvalue weighted by Gasteiger charge is 2.29. The Bertz CT molecular complexity index is 433. The standard InChI is InChI=1S/C11H16F2N2O2/c1-6-7(10(16)17-11(2,3)4)8(9(12)13)14-15(6)5/h9H,1-5H3. The summed E-state index contributed by atoms with van der Waals surface area (Å²) in [6.45, 7) is 6.59. The first kappa shape index (κ1) is 13.6. The average Bonchev–Trinajstić information content (AvgIpc) is 2.40. The molecule has 1 heterocycles. The Morgan fingerprint density at radius 2 is 1.94 bits per heavy atom. The molecule has 96 valence electrons. The third-order valence-electron chi connectivity index (χ3n) is 2.17. The van der Waals surface area contributed by atoms with E-state index in [-0.39, 0.29) is 5.56 Å². The maximum Gasteiger partial charge on any atom is 0.342 e. The number of hydrogen-bond donors (Lipinski definition) is 0. The van der Waals surface area contributed by atoms with Crippen LogP contribution in [-0.2, 0) is 11.8 Å². The predicted molar refractivity (Wildman–Crippen MR) is 58.1 cm³/mol. The summed E-state index contributed by atoms with van der Waals surface area (Å²) < 4.78 is 31.8. The zero-order valence-corrected chi connectivity index (χ0v) is 10.5. The summed E-state index contributed by atoms with van der Waals surface area (Å²) in [4.78, 5) is 11.8. The van der Waals surface area contributed by atoms with E-state index in [2.05, 4.69) is 5.10 Å². The number of halogens is 2. The molecule has 0 aromatic carbocycles. The van der Waals surface area contributed by atoms with Gasteiger partial charge < -0.3 is 4.74 Å². The van der Waals surface area contributed by atoms with E-state index in [0.29, 0.717) is 5.69 Å². The number of alkyl halides is 2. The molecule has 0 atom stereocenters. The van der Waals surface area contributed by atoms with Crippen molar-refractivity contribution < 1.29 is 18.3 Å². The van der Waals surface area contributed by atoms with Crippen LogP contribution < -0.4 is 0 Å². The van der Waals surface area contributed by atoms with E-state index in [9.17, 15) is 13.6 Å². The number of carbonyl (C=O) groups is 1. The number of esters is 1. The molecule has 1 aromatic heterocycles. The van der Waals surface area contributed by atoms with Crippen LogP contribution in [0.25, 0.3) is 0 Å². The van der Waals surface area contributed by atoms with E-state index in [1.807, 2.05) is 0 Å². The second-order valence-corrected chi connectivity index (χ2v) is 4.77. The number of ether oxygens (including phenoxy) is 1. The van der Waals surface area contributed by atoms with E-state index in [4.69, 9.17) is 4.74 Å². The molecule has 0 radical (unpaired) electrons. The van der Waals surface area contributed by atoms with Crippen molar-refractivity contribution in [1.82, 2.24) is 9.78 Å². The highest BCUT2D eigenvalue weighted by molar-refractivity contribution is 5.92. The first-order chi connectivity index (χ1) is 7.63. The number of aryl methyl sites for hydroxylation is 1. The van der Waals surface area contributed by atoms with Gasteiger partial charge in [-0.25, -0.2) is 13.6 Å². The third kappa shape index (κ3) is 3.01. The second-order valence-electron chi connectivity index (χ2n) is 4.77. The zero-order valence-electron chi connectivity index (χ0n) is 10.5. The summed E-state index contributed by atoms with van der Waals surface area (Å²) in [5.41, 5.74) is -1.02. The molecule has 0 N–H and O–H groups in total. The van der Waals surface area contributed by atoms with Gasteiger partial charge in [0.05, 0.1) is 5.69 Å². The molecule has 0 aliphatic carbocycles. The predicted octanol–water partition coefficient (Wildman–Crippen LogP) is 2.62. The molecule has 0 spiro atoms. The zero-order chi connectivity index (χ0) is 13.4. The molecule has 0 saturated heterocycles. The molecule has 0 aliphatic heterocycles. The van der Waals surface area contributed by atoms with Crippen molar-refractivity contribution in [2.45, 2.75) is 39.7 Å². The quantitative estimate of drug-likeness (QED) is 0.753. The lowest BCUT2D eigenvalue weighted by molar-refractivity contribution is 0.00611. The van der Waals surface area contributed by atoms with Gasteiger partial charge in [-0.3, -0.25) is 4.68 Å². The fraction of sp³-hybridized carbons (Fsp3) is 0.636. The molecule has 17 heavy (non-hydrogen) atoms. The number of nitrogens with zero attached hydrogens (tertiary/aromatic N) is 2. The van der Waals surface area contributed by atoms with Gasteiger partial charge in [-0.05, 0) is 27.7 Å². The van der Waals surface area contributed by atoms with Crippen LogP contribution in [0.15, 0.2) is 0 Å². The fourth-order valence-corrected chi connectivity index (χ4v) is 1.37. The summed E-state index contributed by atoms with van der Waals surface area (Å²) in [5.74, 6) is -0.765. The van der Waals surface area contributed by atoms with Crippen molar-refractivity contribution in [3.05, 3.63) is 17.0 Å². The van der Waals surface area contributed by atoms with Crippen LogP contribution in [0, 0.1) is 6.92 Å². The summed E-state index contributed by atoms with van der Waals surface area (Å²) in [6.07, 6.45) is -2.79. The number of rotatable bonds is 2. The van der Waals surface area contributed by atoms with Gasteiger partial charge in [-0.2, -0.15) is 5.10 Å². The number of carbonyl (C=O) groups excluding carboxylic acids is 1. The normalized spacial score (nSPS) is 12.0. The van der Waals surface area contributed by atoms with Gasteiger partial charge in [0.25, 0.3) is 6.43 Å². The maximum atomic E-state index is 12.7. The molecule has 1 aromatic rings. The van der Waals surface area contributed by atoms with E-state index < -0.39 is 23.7 Å². The van der Waals surface area contributed by atoms with Crippen molar-refractivity contribution >= 4 is 5.97 Å². The van der Waals surface area contributed by atoms with Gasteiger partial charge in [0.2, 0.25) is 0 Å². The lowest BCUT2D eigenvalue weighted by atomic mass is 10.1. The molecular formula is C11H16F2N2O2. The van der Waals surface area contributed by atoms with Gasteiger partial charge in [0, 0.05) is 7.05 Å². The smallest absolute Gasteiger partial charge is 0.342 e. The van der Waals surface area contributed by atoms with Crippen molar-refractivity contribution in [1.29, 1.82) is 0 Å². The van der Waals surface area contributed by atoms with Gasteiger partial charge in [0.1, 0.15) is 16.9 Å². The third-order valence-corrected chi connectivity index (χ3v) is 2.17. The SMILES string of the molecule is Cc1c(C(=O)OC(C)(C)C)c(C(F)F)nn1C. The van der Waals surface area contributed by atoms with Crippen LogP contribution in [0.3, 0.4) is 0 Å². The van der Waals surface area contributed by atoms with Gasteiger partial charge in [-0.15, -0.1) is 0 Å². The minimum Gasteiger partial charge on any atom is -0.456 e. The Morgan fingerprint density at radius 1 is 1.41 bits per heavy atom. The molecule has 4 nitrogen and oxygen atoms in total. The molecule has 1 rings (SSSR count). The molecule has 0 unspecified atom stereocenters. The highest BCUT2D eigenvalue weighted by Crippen LogP contribution is 2.26. The topological polar surface area (TPSA) is 44.1 Å². The first-order valence-corrected chi connectivity index (χ1v) is 5.18. The van der Waals surface area contributed by atoms with Crippen molar-refractivity contribution in [3.8, 4) is 0 Å². The first-order valence-electron chi connectivity index (χ1n) is 5.18. The summed E-state index contributed by atoms with van der Waals surface area (Å²) in [5, 5.41) is 3.63. The Morgan fingerprint density at radius 3 is 2.35 bits per heavy atom. The maximum absolute atomic E-state index is 12.7. The van der Waals surface area contributed by atoms with Gasteiger partial charge in [-0.1, -0.05) is 0 Å². The Labute approximate surface area is 98.6 Å². The average molecular weight is 246 g/mol. The Hall–Kier alpha value is -1.46. The van der Waals surface area contributed by atoms with E-state index in [0.717, 1.165) is 0 Å². The number of aromatic nitrogens is 2. The second kappa shape index (κ2) is 4.43. The van der Waals surface area contributed by atoms with Crippen LogP contribution in [0.5, 0.6) is 0 Å². The molecule has 6 heteroatoms. The molecule has 0 fully saturated rings. The highest BCUT2D eigenvalue weighted by atomic mass is 19.3. The van der Waals surface area contributed by atoms with E-state index in [1.165, 1.54) is 11.7 Å². The molecular weight excluding hydrogens is 230 g/mol. The van der Waals surface area contributed by atoms with Crippen molar-refractivity contribution in [2.24, 2.45) is 7.05 Å². The molecule has 0 amide bonds. The van der Waals surface area contributed by atoms with Crippen molar-refractivity contribution in [3.63, 3.8) is 0 Å². The van der Waals surface area contributed by atoms with E-state index in [1.54, 1.807) is 27.7 Å². The van der Waals surface area contributed by atoms with Crippen molar-refractivity contribution in [2.75, 3.05) is 0 Å². The monoisotopic (exact) mass is 246 g/mol. The summed E-state index contributed by atoms with van der Waals surface area (Å²) in [6, 6.07) is 0. The summed E-state index contributed by atoms with van der Waals surface area (Å²) in [7, 11) is 1.51. The summed E-state index contributed by atoms with van der Waals surface area (Å²) >= 11 is 0. The fourth-order valence-electron chi connectivity index (χ4n) is 1.37. The van der Waals surface area contributed by atoms with Crippen LogP contribution in [0.2, 0.25) is 0 Å². The van der Waals surface area contributed by atoms with Crippen LogP contribution >= 0.6 is 0 Å². The van der Waals surface area contributed by atoms with Crippen LogP contribution in [0.4, 0.5) is 8.78 Å². The Balaban J connectivity index is 3.16. The van der Waals surface area contributed by atoms with Gasteiger partial charge >= 0.3 is 5.97 Å². The minimum absolute atomic E-state index is 0.141. The van der Waals surface area contributed by atoms with Crippen LogP contribution in [0.1, 0.15) is 48.9 Å². The molecule has 0 aliphatic rings. The van der Waals surface area contributed by atoms with Crippen LogP contribution in [-0.4, -0.2) is 21.4 Å². The minimum atomic E-state index is -2.79. The molecule has 0 saturated carbocycles. The Kier molecular flexibility index (Phi) is 3.54. The van der Waals surface area contributed by atoms with Gasteiger partial charge in [0.15, 0.2) is 0 Å². The largest absolute Gasteiger partial charge is 0.456 e. The number of hydrogen-bond acceptors (Lipinski definition) is 3. The van der Waals surface area contributed by atoms with E-state index >= 15 is 0 Å². The molecule has 0 bridgehead atoms. The lowest BCUT2D eigenvalue weighted by Crippen LogP contribution is -2.24. The lowest BCUT2D eigenvalue weighted by Gasteiger charge is -2.19.